The van der Waals surface area contributed by atoms with E-state index in [1.165, 1.54) is 17.7 Å². The second kappa shape index (κ2) is 8.65. The highest BCUT2D eigenvalue weighted by Crippen LogP contribution is 2.27. The summed E-state index contributed by atoms with van der Waals surface area (Å²) in [5.41, 5.74) is 1.26. The van der Waals surface area contributed by atoms with Crippen molar-refractivity contribution in [3.63, 3.8) is 0 Å². The number of benzene rings is 2. The summed E-state index contributed by atoms with van der Waals surface area (Å²) in [6.45, 7) is 1.34. The lowest BCUT2D eigenvalue weighted by Gasteiger charge is -2.12. The summed E-state index contributed by atoms with van der Waals surface area (Å²) >= 11 is 5.94. The van der Waals surface area contributed by atoms with Gasteiger partial charge in [-0.15, -0.1) is 0 Å². The minimum absolute atomic E-state index is 0.128. The second-order valence-corrected chi connectivity index (χ2v) is 7.34. The number of hydrogen-bond acceptors (Lipinski definition) is 5. The zero-order valence-corrected chi connectivity index (χ0v) is 17.3. The van der Waals surface area contributed by atoms with E-state index in [9.17, 15) is 14.0 Å². The maximum absolute atomic E-state index is 14.9. The molecule has 2 aromatic heterocycles. The number of fused-ring (bicyclic) bond motifs is 1. The van der Waals surface area contributed by atoms with Crippen LogP contribution in [-0.4, -0.2) is 20.7 Å². The van der Waals surface area contributed by atoms with Crippen molar-refractivity contribution in [1.82, 2.24) is 14.8 Å². The number of aromatic nitrogens is 3. The molecule has 0 unspecified atom stereocenters. The van der Waals surface area contributed by atoms with E-state index in [1.54, 1.807) is 54.6 Å². The molecule has 0 spiro atoms. The minimum Gasteiger partial charge on any atom is -0.459 e. The van der Waals surface area contributed by atoms with Gasteiger partial charge in [0.15, 0.2) is 0 Å². The van der Waals surface area contributed by atoms with Gasteiger partial charge in [-0.1, -0.05) is 41.9 Å². The molecule has 0 saturated carbocycles. The lowest BCUT2D eigenvalue weighted by atomic mass is 10.1. The molecule has 156 valence electrons. The zero-order valence-electron chi connectivity index (χ0n) is 16.5. The molecule has 0 aliphatic carbocycles. The Labute approximate surface area is 181 Å². The average molecular weight is 438 g/mol. The van der Waals surface area contributed by atoms with Crippen LogP contribution in [0.3, 0.4) is 0 Å². The van der Waals surface area contributed by atoms with Crippen molar-refractivity contribution < 1.29 is 13.9 Å². The smallest absolute Gasteiger partial charge is 0.303 e. The molecule has 0 aliphatic rings. The fourth-order valence-electron chi connectivity index (χ4n) is 3.21. The van der Waals surface area contributed by atoms with Gasteiger partial charge >= 0.3 is 5.97 Å². The summed E-state index contributed by atoms with van der Waals surface area (Å²) < 4.78 is 21.1. The van der Waals surface area contributed by atoms with Crippen molar-refractivity contribution in [2.24, 2.45) is 0 Å². The van der Waals surface area contributed by atoms with Gasteiger partial charge in [0.05, 0.1) is 23.2 Å². The van der Waals surface area contributed by atoms with Gasteiger partial charge in [0.2, 0.25) is 5.95 Å². The summed E-state index contributed by atoms with van der Waals surface area (Å²) in [5, 5.41) is 5.99. The number of nitrogens with zero attached hydrogens (tertiary/aromatic N) is 3. The normalized spacial score (nSPS) is 10.9. The Morgan fingerprint density at radius 1 is 1.06 bits per heavy atom. The van der Waals surface area contributed by atoms with Crippen molar-refractivity contribution in [2.75, 3.05) is 0 Å². The van der Waals surface area contributed by atoms with E-state index < -0.39 is 11.9 Å². The van der Waals surface area contributed by atoms with Crippen molar-refractivity contribution in [2.45, 2.75) is 20.1 Å². The molecule has 0 fully saturated rings. The van der Waals surface area contributed by atoms with Crippen LogP contribution in [0.4, 0.5) is 4.39 Å². The maximum Gasteiger partial charge on any atom is 0.303 e. The Morgan fingerprint density at radius 2 is 1.77 bits per heavy atom. The van der Waals surface area contributed by atoms with Crippen molar-refractivity contribution in [3.8, 4) is 11.3 Å². The number of pyridine rings is 1. The number of rotatable bonds is 5. The molecule has 0 atom stereocenters. The molecule has 2 heterocycles. The predicted octanol–water partition coefficient (Wildman–Crippen LogP) is 4.36. The first-order valence-corrected chi connectivity index (χ1v) is 9.83. The third-order valence-electron chi connectivity index (χ3n) is 4.70. The van der Waals surface area contributed by atoms with Crippen LogP contribution in [-0.2, 0) is 22.7 Å². The number of ether oxygens (including phenoxy) is 1. The summed E-state index contributed by atoms with van der Waals surface area (Å²) in [4.78, 5) is 27.9. The largest absolute Gasteiger partial charge is 0.459 e. The standard InChI is InChI=1S/C23H17ClFN3O3/c1-14(29)31-13-17-10-11-20(22(25)26-17)21-18-4-2-3-5-19(18)23(30)28(27-21)12-15-6-8-16(24)9-7-15/h2-11H,12-13H2,1H3. The van der Waals surface area contributed by atoms with E-state index in [2.05, 4.69) is 10.1 Å². The van der Waals surface area contributed by atoms with Crippen LogP contribution in [0, 0.1) is 5.95 Å². The van der Waals surface area contributed by atoms with Gasteiger partial charge in [-0.05, 0) is 35.9 Å². The SMILES string of the molecule is CC(=O)OCc1ccc(-c2nn(Cc3ccc(Cl)cc3)c(=O)c3ccccc23)c(F)n1. The molecule has 0 radical (unpaired) electrons. The topological polar surface area (TPSA) is 74.1 Å². The van der Waals surface area contributed by atoms with Crippen LogP contribution in [0.15, 0.2) is 65.5 Å². The molecule has 0 bridgehead atoms. The van der Waals surface area contributed by atoms with Gasteiger partial charge in [0.25, 0.3) is 5.56 Å². The summed E-state index contributed by atoms with van der Waals surface area (Å²) in [6, 6.07) is 17.1. The first-order chi connectivity index (χ1) is 14.9. The number of carbonyl (C=O) groups excluding carboxylic acids is 1. The van der Waals surface area contributed by atoms with Gasteiger partial charge in [-0.3, -0.25) is 9.59 Å². The molecular weight excluding hydrogens is 421 g/mol. The number of hydrogen-bond donors (Lipinski definition) is 0. The average Bonchev–Trinajstić information content (AvgIpc) is 2.76. The van der Waals surface area contributed by atoms with Crippen LogP contribution in [0.25, 0.3) is 22.0 Å². The Kier molecular flexibility index (Phi) is 5.77. The van der Waals surface area contributed by atoms with Gasteiger partial charge in [0, 0.05) is 17.3 Å². The lowest BCUT2D eigenvalue weighted by molar-refractivity contribution is -0.142. The first-order valence-electron chi connectivity index (χ1n) is 9.46. The van der Waals surface area contributed by atoms with E-state index >= 15 is 0 Å². The molecule has 4 rings (SSSR count). The fourth-order valence-corrected chi connectivity index (χ4v) is 3.33. The van der Waals surface area contributed by atoms with Crippen LogP contribution in [0.2, 0.25) is 5.02 Å². The van der Waals surface area contributed by atoms with Crippen molar-refractivity contribution in [1.29, 1.82) is 0 Å². The Morgan fingerprint density at radius 3 is 2.45 bits per heavy atom. The monoisotopic (exact) mass is 437 g/mol. The Bertz CT molecular complexity index is 1340. The molecule has 31 heavy (non-hydrogen) atoms. The first kappa shape index (κ1) is 20.7. The van der Waals surface area contributed by atoms with Crippen molar-refractivity contribution in [3.05, 3.63) is 93.2 Å². The number of halogens is 2. The highest BCUT2D eigenvalue weighted by molar-refractivity contribution is 6.30. The molecule has 2 aromatic carbocycles. The minimum atomic E-state index is -0.765. The van der Waals surface area contributed by atoms with Crippen LogP contribution >= 0.6 is 11.6 Å². The van der Waals surface area contributed by atoms with E-state index in [4.69, 9.17) is 16.3 Å². The van der Waals surface area contributed by atoms with Crippen molar-refractivity contribution >= 4 is 28.3 Å². The Balaban J connectivity index is 1.82. The fraction of sp³-hybridized carbons (Fsp3) is 0.130. The van der Waals surface area contributed by atoms with Gasteiger partial charge in [-0.2, -0.15) is 9.49 Å². The van der Waals surface area contributed by atoms with Crippen LogP contribution < -0.4 is 5.56 Å². The second-order valence-electron chi connectivity index (χ2n) is 6.90. The summed E-state index contributed by atoms with van der Waals surface area (Å²) in [6.07, 6.45) is 0. The molecule has 8 heteroatoms. The summed E-state index contributed by atoms with van der Waals surface area (Å²) in [7, 11) is 0. The van der Waals surface area contributed by atoms with Crippen LogP contribution in [0.1, 0.15) is 18.2 Å². The third kappa shape index (κ3) is 4.46. The number of carbonyl (C=O) groups is 1. The van der Waals surface area contributed by atoms with Gasteiger partial charge in [-0.25, -0.2) is 9.67 Å². The molecule has 6 nitrogen and oxygen atoms in total. The zero-order chi connectivity index (χ0) is 22.0. The van der Waals surface area contributed by atoms with Gasteiger partial charge < -0.3 is 4.74 Å². The third-order valence-corrected chi connectivity index (χ3v) is 4.95. The summed E-state index contributed by atoms with van der Waals surface area (Å²) in [5.74, 6) is -1.24. The van der Waals surface area contributed by atoms with Gasteiger partial charge in [0.1, 0.15) is 12.3 Å². The molecular formula is C23H17ClFN3O3. The van der Waals surface area contributed by atoms with Crippen LogP contribution in [0.5, 0.6) is 0 Å². The highest BCUT2D eigenvalue weighted by atomic mass is 35.5. The predicted molar refractivity (Wildman–Crippen MR) is 115 cm³/mol. The molecule has 0 N–H and O–H groups in total. The van der Waals surface area contributed by atoms with E-state index in [-0.39, 0.29) is 30.0 Å². The Hall–Kier alpha value is -3.58. The highest BCUT2D eigenvalue weighted by Gasteiger charge is 2.17. The van der Waals surface area contributed by atoms with E-state index in [0.29, 0.717) is 21.5 Å². The number of esters is 1. The van der Waals surface area contributed by atoms with E-state index in [0.717, 1.165) is 5.56 Å². The molecule has 4 aromatic rings. The van der Waals surface area contributed by atoms with E-state index in [1.807, 2.05) is 0 Å². The quantitative estimate of drug-likeness (QED) is 0.342. The maximum atomic E-state index is 14.9. The lowest BCUT2D eigenvalue weighted by Crippen LogP contribution is -2.24. The molecule has 0 amide bonds. The molecule has 0 aliphatic heterocycles. The molecule has 0 saturated heterocycles.